The number of carbonyl (C=O) groups excluding carboxylic acids is 1. The van der Waals surface area contributed by atoms with Gasteiger partial charge in [0.1, 0.15) is 5.82 Å². The largest absolute Gasteiger partial charge is 0.370 e. The van der Waals surface area contributed by atoms with Gasteiger partial charge in [0, 0.05) is 75.5 Å². The van der Waals surface area contributed by atoms with Crippen LogP contribution in [0.4, 0.5) is 17.5 Å². The summed E-state index contributed by atoms with van der Waals surface area (Å²) >= 11 is 0. The third-order valence-electron chi connectivity index (χ3n) is 6.77. The molecule has 0 saturated carbocycles. The van der Waals surface area contributed by atoms with E-state index in [1.54, 1.807) is 6.20 Å². The molecule has 1 aliphatic rings. The Labute approximate surface area is 226 Å². The van der Waals surface area contributed by atoms with Crippen LogP contribution in [0.2, 0.25) is 0 Å². The van der Waals surface area contributed by atoms with Gasteiger partial charge in [-0.05, 0) is 63.6 Å². The van der Waals surface area contributed by atoms with Crippen LogP contribution in [0.15, 0.2) is 54.9 Å². The van der Waals surface area contributed by atoms with E-state index in [4.69, 9.17) is 4.98 Å². The molecule has 2 aromatic heterocycles. The molecule has 9 heteroatoms. The number of hydrogen-bond acceptors (Lipinski definition) is 8. The lowest BCUT2D eigenvalue weighted by Gasteiger charge is -2.36. The lowest BCUT2D eigenvalue weighted by atomic mass is 10.1. The highest BCUT2D eigenvalue weighted by molar-refractivity contribution is 5.78. The summed E-state index contributed by atoms with van der Waals surface area (Å²) in [4.78, 5) is 32.8. The van der Waals surface area contributed by atoms with Gasteiger partial charge in [-0.15, -0.1) is 0 Å². The molecule has 2 N–H and O–H groups in total. The Balaban J connectivity index is 1.31. The second-order valence-electron chi connectivity index (χ2n) is 9.88. The Kier molecular flexibility index (Phi) is 9.62. The van der Waals surface area contributed by atoms with Gasteiger partial charge in [0.15, 0.2) is 0 Å². The van der Waals surface area contributed by atoms with Gasteiger partial charge in [-0.3, -0.25) is 14.6 Å². The first-order valence-corrected chi connectivity index (χ1v) is 13.6. The number of nitrogens with zero attached hydrogens (tertiary/aromatic N) is 6. The predicted octanol–water partition coefficient (Wildman–Crippen LogP) is 4.09. The summed E-state index contributed by atoms with van der Waals surface area (Å²) in [5.74, 6) is 1.63. The van der Waals surface area contributed by atoms with Crippen molar-refractivity contribution in [2.45, 2.75) is 40.3 Å². The first-order chi connectivity index (χ1) is 18.4. The number of amides is 1. The molecule has 38 heavy (non-hydrogen) atoms. The lowest BCUT2D eigenvalue weighted by Crippen LogP contribution is -2.50. The minimum atomic E-state index is 0.225. The van der Waals surface area contributed by atoms with Crippen molar-refractivity contribution in [2.75, 3.05) is 56.4 Å². The topological polar surface area (TPSA) is 89.5 Å². The number of nitrogens with one attached hydrogen (secondary N) is 2. The number of rotatable bonds is 11. The molecule has 0 unspecified atom stereocenters. The molecule has 202 valence electrons. The molecular formula is C29H40N8O. The summed E-state index contributed by atoms with van der Waals surface area (Å²) in [6, 6.07) is 14.5. The van der Waals surface area contributed by atoms with E-state index < -0.39 is 0 Å². The molecule has 1 amide bonds. The van der Waals surface area contributed by atoms with Crippen molar-refractivity contribution in [1.82, 2.24) is 29.7 Å². The van der Waals surface area contributed by atoms with Crippen LogP contribution in [0, 0.1) is 0 Å². The molecule has 1 aliphatic heterocycles. The molecular weight excluding hydrogens is 476 g/mol. The standard InChI is InChI=1S/C29H40N8O/c1-5-30-27-11-10-24(19-32-27)26-12-13-31-29(34-26)33-25-9-7-8-23(18-25)20-35-14-16-36(17-15-35)21-28(38)37(6-2)22(3)4/h7-13,18-19,22H,5-6,14-17,20-21H2,1-4H3,(H,30,32)(H,31,33,34). The molecule has 4 rings (SSSR count). The quantitative estimate of drug-likeness (QED) is 0.394. The van der Waals surface area contributed by atoms with Gasteiger partial charge in [0.2, 0.25) is 11.9 Å². The van der Waals surface area contributed by atoms with Gasteiger partial charge in [-0.1, -0.05) is 12.1 Å². The molecule has 3 aromatic rings. The van der Waals surface area contributed by atoms with Crippen LogP contribution in [-0.4, -0.2) is 87.4 Å². The van der Waals surface area contributed by atoms with Crippen molar-refractivity contribution in [1.29, 1.82) is 0 Å². The van der Waals surface area contributed by atoms with E-state index in [-0.39, 0.29) is 11.9 Å². The summed E-state index contributed by atoms with van der Waals surface area (Å²) in [6.45, 7) is 14.9. The fourth-order valence-electron chi connectivity index (χ4n) is 4.76. The number of aromatic nitrogens is 3. The van der Waals surface area contributed by atoms with E-state index >= 15 is 0 Å². The number of carbonyl (C=O) groups is 1. The number of anilines is 3. The molecule has 9 nitrogen and oxygen atoms in total. The average Bonchev–Trinajstić information content (AvgIpc) is 2.91. The fraction of sp³-hybridized carbons (Fsp3) is 0.448. The summed E-state index contributed by atoms with van der Waals surface area (Å²) in [7, 11) is 0. The third-order valence-corrected chi connectivity index (χ3v) is 6.77. The zero-order valence-corrected chi connectivity index (χ0v) is 23.0. The Morgan fingerprint density at radius 3 is 2.50 bits per heavy atom. The highest BCUT2D eigenvalue weighted by Gasteiger charge is 2.22. The van der Waals surface area contributed by atoms with Crippen molar-refractivity contribution in [3.8, 4) is 11.3 Å². The summed E-state index contributed by atoms with van der Waals surface area (Å²) < 4.78 is 0. The summed E-state index contributed by atoms with van der Waals surface area (Å²) in [5, 5.41) is 6.56. The number of benzene rings is 1. The van der Waals surface area contributed by atoms with E-state index in [0.717, 1.165) is 68.6 Å². The second-order valence-corrected chi connectivity index (χ2v) is 9.88. The van der Waals surface area contributed by atoms with Crippen molar-refractivity contribution in [3.05, 3.63) is 60.4 Å². The van der Waals surface area contributed by atoms with Gasteiger partial charge in [-0.25, -0.2) is 15.0 Å². The molecule has 0 bridgehead atoms. The summed E-state index contributed by atoms with van der Waals surface area (Å²) in [6.07, 6.45) is 3.59. The van der Waals surface area contributed by atoms with Crippen LogP contribution in [0.25, 0.3) is 11.3 Å². The van der Waals surface area contributed by atoms with E-state index in [1.807, 2.05) is 49.2 Å². The van der Waals surface area contributed by atoms with Crippen molar-refractivity contribution >= 4 is 23.4 Å². The highest BCUT2D eigenvalue weighted by atomic mass is 16.2. The Morgan fingerprint density at radius 2 is 1.82 bits per heavy atom. The van der Waals surface area contributed by atoms with Crippen LogP contribution in [0.1, 0.15) is 33.3 Å². The number of hydrogen-bond donors (Lipinski definition) is 2. The van der Waals surface area contributed by atoms with Gasteiger partial charge in [0.05, 0.1) is 12.2 Å². The maximum atomic E-state index is 12.6. The van der Waals surface area contributed by atoms with E-state index in [0.29, 0.717) is 12.5 Å². The van der Waals surface area contributed by atoms with Crippen LogP contribution in [0.3, 0.4) is 0 Å². The number of pyridine rings is 1. The fourth-order valence-corrected chi connectivity index (χ4v) is 4.76. The Hall–Kier alpha value is -3.56. The maximum absolute atomic E-state index is 12.6. The van der Waals surface area contributed by atoms with Crippen molar-refractivity contribution in [2.24, 2.45) is 0 Å². The van der Waals surface area contributed by atoms with Gasteiger partial charge in [-0.2, -0.15) is 0 Å². The molecule has 1 aromatic carbocycles. The highest BCUT2D eigenvalue weighted by Crippen LogP contribution is 2.21. The normalized spacial score (nSPS) is 14.4. The molecule has 3 heterocycles. The minimum absolute atomic E-state index is 0.225. The Bertz CT molecular complexity index is 1180. The maximum Gasteiger partial charge on any atom is 0.236 e. The third kappa shape index (κ3) is 7.49. The molecule has 0 radical (unpaired) electrons. The lowest BCUT2D eigenvalue weighted by molar-refractivity contribution is -0.134. The molecule has 0 aliphatic carbocycles. The molecule has 0 spiro atoms. The zero-order valence-electron chi connectivity index (χ0n) is 23.0. The van der Waals surface area contributed by atoms with E-state index in [2.05, 4.69) is 62.4 Å². The second kappa shape index (κ2) is 13.3. The predicted molar refractivity (Wildman–Crippen MR) is 153 cm³/mol. The van der Waals surface area contributed by atoms with Crippen LogP contribution < -0.4 is 10.6 Å². The van der Waals surface area contributed by atoms with E-state index in [1.165, 1.54) is 5.56 Å². The molecule has 0 atom stereocenters. The van der Waals surface area contributed by atoms with Crippen LogP contribution >= 0.6 is 0 Å². The summed E-state index contributed by atoms with van der Waals surface area (Å²) in [5.41, 5.74) is 3.95. The van der Waals surface area contributed by atoms with Gasteiger partial charge >= 0.3 is 0 Å². The zero-order chi connectivity index (χ0) is 26.9. The van der Waals surface area contributed by atoms with Crippen molar-refractivity contribution < 1.29 is 4.79 Å². The van der Waals surface area contributed by atoms with Crippen LogP contribution in [0.5, 0.6) is 0 Å². The number of piperazine rings is 1. The molecule has 1 saturated heterocycles. The van der Waals surface area contributed by atoms with Gasteiger partial charge in [0.25, 0.3) is 0 Å². The van der Waals surface area contributed by atoms with Crippen LogP contribution in [-0.2, 0) is 11.3 Å². The minimum Gasteiger partial charge on any atom is -0.370 e. The monoisotopic (exact) mass is 516 g/mol. The SMILES string of the molecule is CCNc1ccc(-c2ccnc(Nc3cccc(CN4CCN(CC(=O)N(CC)C(C)C)CC4)c3)n2)cn1. The smallest absolute Gasteiger partial charge is 0.236 e. The number of likely N-dealkylation sites (N-methyl/N-ethyl adjacent to an activating group) is 1. The first-order valence-electron chi connectivity index (χ1n) is 13.6. The average molecular weight is 517 g/mol. The molecule has 1 fully saturated rings. The van der Waals surface area contributed by atoms with Gasteiger partial charge < -0.3 is 15.5 Å². The first kappa shape index (κ1) is 27.5. The van der Waals surface area contributed by atoms with Crippen molar-refractivity contribution in [3.63, 3.8) is 0 Å². The Morgan fingerprint density at radius 1 is 1.03 bits per heavy atom. The van der Waals surface area contributed by atoms with E-state index in [9.17, 15) is 4.79 Å².